The van der Waals surface area contributed by atoms with Gasteiger partial charge in [-0.05, 0) is 31.2 Å². The van der Waals surface area contributed by atoms with Gasteiger partial charge in [0.2, 0.25) is 0 Å². The Bertz CT molecular complexity index is 1910. The summed E-state index contributed by atoms with van der Waals surface area (Å²) in [6.07, 6.45) is 1.80. The molecule has 6 aromatic rings. The molecule has 0 spiro atoms. The summed E-state index contributed by atoms with van der Waals surface area (Å²) in [5, 5.41) is 11.7. The summed E-state index contributed by atoms with van der Waals surface area (Å²) in [5.41, 5.74) is 8.14. The fourth-order valence-corrected chi connectivity index (χ4v) is 5.30. The van der Waals surface area contributed by atoms with Crippen molar-refractivity contribution in [2.75, 3.05) is 5.32 Å². The smallest absolute Gasteiger partial charge is 0.280 e. The van der Waals surface area contributed by atoms with Crippen LogP contribution >= 0.6 is 11.3 Å². The second-order valence-corrected chi connectivity index (χ2v) is 9.57. The lowest BCUT2D eigenvalue weighted by atomic mass is 10.1. The van der Waals surface area contributed by atoms with Gasteiger partial charge in [-0.2, -0.15) is 10.2 Å². The predicted octanol–water partition coefficient (Wildman–Crippen LogP) is 4.60. The van der Waals surface area contributed by atoms with Crippen LogP contribution in [-0.2, 0) is 7.05 Å². The van der Waals surface area contributed by atoms with Gasteiger partial charge in [-0.15, -0.1) is 11.3 Å². The van der Waals surface area contributed by atoms with Crippen molar-refractivity contribution in [3.8, 4) is 22.6 Å². The number of nitrogens with one attached hydrogen (secondary N) is 1. The first-order valence-corrected chi connectivity index (χ1v) is 12.3. The molecule has 0 bridgehead atoms. The number of nitrogens with zero attached hydrogens (tertiary/aromatic N) is 6. The summed E-state index contributed by atoms with van der Waals surface area (Å²) in [7, 11) is 1.82. The van der Waals surface area contributed by atoms with Crippen LogP contribution in [0, 0.1) is 6.92 Å². The molecule has 6 aromatic heterocycles. The highest BCUT2D eigenvalue weighted by Crippen LogP contribution is 2.42. The summed E-state index contributed by atoms with van der Waals surface area (Å²) in [5.74, 6) is -1.27. The lowest BCUT2D eigenvalue weighted by Gasteiger charge is -2.08. The molecule has 3 N–H and O–H groups in total. The van der Waals surface area contributed by atoms with Crippen molar-refractivity contribution in [2.24, 2.45) is 12.8 Å². The zero-order chi connectivity index (χ0) is 27.4. The number of halogens is 2. The minimum atomic E-state index is -2.87. The van der Waals surface area contributed by atoms with E-state index in [-0.39, 0.29) is 37.8 Å². The third kappa shape index (κ3) is 4.01. The van der Waals surface area contributed by atoms with Gasteiger partial charge < -0.3 is 15.5 Å². The van der Waals surface area contributed by atoms with Crippen molar-refractivity contribution in [3.63, 3.8) is 0 Å². The van der Waals surface area contributed by atoms with E-state index < -0.39 is 23.9 Å². The third-order valence-electron chi connectivity index (χ3n) is 6.26. The highest BCUT2D eigenvalue weighted by molar-refractivity contribution is 7.21. The maximum Gasteiger partial charge on any atom is 0.280 e. The number of pyridine rings is 1. The molecule has 14 heteroatoms. The Kier molecular flexibility index (Phi) is 5.68. The van der Waals surface area contributed by atoms with Gasteiger partial charge >= 0.3 is 0 Å². The maximum atomic E-state index is 13.6. The van der Waals surface area contributed by atoms with Gasteiger partial charge in [0.15, 0.2) is 11.3 Å². The zero-order valence-electron chi connectivity index (χ0n) is 20.3. The van der Waals surface area contributed by atoms with Crippen LogP contribution < -0.4 is 11.1 Å². The number of aromatic nitrogens is 6. The first-order valence-electron chi connectivity index (χ1n) is 11.5. The minimum Gasteiger partial charge on any atom is -0.464 e. The lowest BCUT2D eigenvalue weighted by molar-refractivity contribution is 0.100. The van der Waals surface area contributed by atoms with E-state index in [1.165, 1.54) is 16.8 Å². The largest absolute Gasteiger partial charge is 0.464 e. The monoisotopic (exact) mass is 548 g/mol. The Morgan fingerprint density at radius 2 is 2.03 bits per heavy atom. The SMILES string of the molecule is Cc1c(-c2ccnc3cc(C(=O)Nc4c(C(N)=O)sc5nc(C(F)F)cc(-c6ccco6)c45)nn23)cnn1C. The number of carbonyl (C=O) groups excluding carboxylic acids is 2. The van der Waals surface area contributed by atoms with Gasteiger partial charge in [-0.25, -0.2) is 23.3 Å². The van der Waals surface area contributed by atoms with Crippen LogP contribution in [0.15, 0.2) is 53.4 Å². The number of hydrogen-bond donors (Lipinski definition) is 2. The lowest BCUT2D eigenvalue weighted by Crippen LogP contribution is -2.17. The van der Waals surface area contributed by atoms with Crippen LogP contribution in [0.25, 0.3) is 38.4 Å². The van der Waals surface area contributed by atoms with Crippen molar-refractivity contribution in [3.05, 3.63) is 70.9 Å². The summed E-state index contributed by atoms with van der Waals surface area (Å²) >= 11 is 0.798. The van der Waals surface area contributed by atoms with E-state index in [2.05, 4.69) is 25.5 Å². The number of aryl methyl sites for hydroxylation is 1. The Balaban J connectivity index is 1.48. The molecule has 0 saturated heterocycles. The van der Waals surface area contributed by atoms with Gasteiger partial charge in [0.25, 0.3) is 18.2 Å². The van der Waals surface area contributed by atoms with Crippen molar-refractivity contribution in [2.45, 2.75) is 13.3 Å². The van der Waals surface area contributed by atoms with Crippen LogP contribution in [0.1, 0.15) is 38.0 Å². The number of furan rings is 1. The van der Waals surface area contributed by atoms with Crippen molar-refractivity contribution in [1.82, 2.24) is 29.4 Å². The summed E-state index contributed by atoms with van der Waals surface area (Å²) in [6, 6.07) is 7.58. The molecule has 0 unspecified atom stereocenters. The van der Waals surface area contributed by atoms with Crippen molar-refractivity contribution < 1.29 is 22.8 Å². The standard InChI is InChI=1S/C25H18F2N8O3S/c1-11-13(10-30-34(11)2)16-5-6-29-18-9-15(33-35(16)18)24(37)32-20-19-12(17-4-3-7-38-17)8-14(22(26)27)31-25(19)39-21(20)23(28)36/h3-10,22H,1-2H3,(H2,28,36)(H,32,37). The Hall–Kier alpha value is -4.98. The van der Waals surface area contributed by atoms with Gasteiger partial charge in [-0.3, -0.25) is 14.3 Å². The predicted molar refractivity (Wildman–Crippen MR) is 139 cm³/mol. The quantitative estimate of drug-likeness (QED) is 0.309. The number of anilines is 1. The minimum absolute atomic E-state index is 0.00275. The Labute approximate surface area is 221 Å². The maximum absolute atomic E-state index is 13.6. The molecule has 196 valence electrons. The number of hydrogen-bond acceptors (Lipinski definition) is 8. The van der Waals surface area contributed by atoms with E-state index in [1.807, 2.05) is 14.0 Å². The second-order valence-electron chi connectivity index (χ2n) is 8.57. The van der Waals surface area contributed by atoms with Crippen LogP contribution in [0.5, 0.6) is 0 Å². The molecule has 11 nitrogen and oxygen atoms in total. The van der Waals surface area contributed by atoms with Crippen LogP contribution in [0.3, 0.4) is 0 Å². The molecule has 2 amide bonds. The van der Waals surface area contributed by atoms with E-state index in [9.17, 15) is 18.4 Å². The fraction of sp³-hybridized carbons (Fsp3) is 0.120. The van der Waals surface area contributed by atoms with Crippen LogP contribution in [-0.4, -0.2) is 41.2 Å². The first kappa shape index (κ1) is 24.4. The number of primary amides is 1. The van der Waals surface area contributed by atoms with Gasteiger partial charge in [0, 0.05) is 41.5 Å². The van der Waals surface area contributed by atoms with Gasteiger partial charge in [-0.1, -0.05) is 0 Å². The number of alkyl halides is 2. The molecular formula is C25H18F2N8O3S. The van der Waals surface area contributed by atoms with Gasteiger partial charge in [0.05, 0.1) is 23.8 Å². The highest BCUT2D eigenvalue weighted by atomic mass is 32.1. The van der Waals surface area contributed by atoms with Gasteiger partial charge in [0.1, 0.15) is 21.2 Å². The van der Waals surface area contributed by atoms with Crippen molar-refractivity contribution in [1.29, 1.82) is 0 Å². The number of thiophene rings is 1. The third-order valence-corrected chi connectivity index (χ3v) is 7.35. The van der Waals surface area contributed by atoms with Crippen LogP contribution in [0.2, 0.25) is 0 Å². The second kappa shape index (κ2) is 9.09. The number of fused-ring (bicyclic) bond motifs is 2. The van der Waals surface area contributed by atoms with E-state index in [1.54, 1.807) is 35.3 Å². The Morgan fingerprint density at radius 1 is 1.21 bits per heavy atom. The average Bonchev–Trinajstić information content (AvgIpc) is 3.70. The average molecular weight is 549 g/mol. The summed E-state index contributed by atoms with van der Waals surface area (Å²) < 4.78 is 35.9. The first-order chi connectivity index (χ1) is 18.7. The molecular weight excluding hydrogens is 530 g/mol. The number of nitrogens with two attached hydrogens (primary N) is 1. The molecule has 6 heterocycles. The molecule has 39 heavy (non-hydrogen) atoms. The number of carbonyl (C=O) groups is 2. The molecule has 0 saturated carbocycles. The number of amides is 2. The van der Waals surface area contributed by atoms with Crippen LogP contribution in [0.4, 0.5) is 14.5 Å². The molecule has 0 radical (unpaired) electrons. The molecule has 0 fully saturated rings. The van der Waals surface area contributed by atoms with E-state index in [0.29, 0.717) is 11.3 Å². The van der Waals surface area contributed by atoms with Crippen molar-refractivity contribution >= 4 is 44.7 Å². The normalized spacial score (nSPS) is 11.6. The van der Waals surface area contributed by atoms with E-state index >= 15 is 0 Å². The molecule has 0 aromatic carbocycles. The Morgan fingerprint density at radius 3 is 2.69 bits per heavy atom. The molecule has 0 aliphatic rings. The van der Waals surface area contributed by atoms with E-state index in [4.69, 9.17) is 10.2 Å². The fourth-order valence-electron chi connectivity index (χ4n) is 4.29. The summed E-state index contributed by atoms with van der Waals surface area (Å²) in [4.78, 5) is 34.1. The zero-order valence-corrected chi connectivity index (χ0v) is 21.2. The molecule has 6 rings (SSSR count). The van der Waals surface area contributed by atoms with E-state index in [0.717, 1.165) is 28.7 Å². The molecule has 0 aliphatic heterocycles. The summed E-state index contributed by atoms with van der Waals surface area (Å²) in [6.45, 7) is 1.91. The molecule has 0 atom stereocenters. The highest BCUT2D eigenvalue weighted by Gasteiger charge is 2.27. The topological polar surface area (TPSA) is 146 Å². The molecule has 0 aliphatic carbocycles. The number of rotatable bonds is 6.